The molecule has 0 spiro atoms. The van der Waals surface area contributed by atoms with Gasteiger partial charge in [-0.2, -0.15) is 0 Å². The van der Waals surface area contributed by atoms with Crippen LogP contribution in [0.3, 0.4) is 0 Å². The fourth-order valence-electron chi connectivity index (χ4n) is 2.15. The lowest BCUT2D eigenvalue weighted by atomic mass is 10.0. The number of hydrogen-bond acceptors (Lipinski definition) is 3. The highest BCUT2D eigenvalue weighted by Crippen LogP contribution is 2.35. The first kappa shape index (κ1) is 12.8. The summed E-state index contributed by atoms with van der Waals surface area (Å²) in [4.78, 5) is 11.4. The summed E-state index contributed by atoms with van der Waals surface area (Å²) in [6.07, 6.45) is 1.19. The summed E-state index contributed by atoms with van der Waals surface area (Å²) in [5.41, 5.74) is 8.34. The third-order valence-corrected chi connectivity index (χ3v) is 3.42. The van der Waals surface area contributed by atoms with Gasteiger partial charge in [-0.25, -0.2) is 0 Å². The molecule has 0 atom stereocenters. The summed E-state index contributed by atoms with van der Waals surface area (Å²) < 4.78 is 5.73. The molecule has 0 saturated heterocycles. The second-order valence-electron chi connectivity index (χ2n) is 4.65. The average Bonchev–Trinajstić information content (AvgIpc) is 2.42. The predicted octanol–water partition coefficient (Wildman–Crippen LogP) is 3.60. The van der Waals surface area contributed by atoms with E-state index in [9.17, 15) is 4.79 Å². The Kier molecular flexibility index (Phi) is 3.24. The lowest BCUT2D eigenvalue weighted by molar-refractivity contribution is -0.116. The Hall–Kier alpha value is -2.20. The minimum absolute atomic E-state index is 0.0136. The van der Waals surface area contributed by atoms with Gasteiger partial charge in [0.1, 0.15) is 5.75 Å². The van der Waals surface area contributed by atoms with Crippen LogP contribution in [0.2, 0.25) is 5.02 Å². The van der Waals surface area contributed by atoms with Crippen molar-refractivity contribution >= 4 is 28.9 Å². The number of benzene rings is 2. The number of ether oxygens (including phenoxy) is 1. The SMILES string of the molecule is Nc1cc2c(cc1Oc1ccc(Cl)cc1)NC(=O)CC2. The van der Waals surface area contributed by atoms with Crippen LogP contribution in [-0.4, -0.2) is 5.91 Å². The van der Waals surface area contributed by atoms with Crippen LogP contribution in [0.5, 0.6) is 11.5 Å². The number of anilines is 2. The molecule has 3 N–H and O–H groups in total. The number of nitrogens with one attached hydrogen (secondary N) is 1. The monoisotopic (exact) mass is 288 g/mol. The van der Waals surface area contributed by atoms with Gasteiger partial charge in [-0.1, -0.05) is 11.6 Å². The molecule has 2 aromatic rings. The van der Waals surface area contributed by atoms with Gasteiger partial charge in [-0.15, -0.1) is 0 Å². The van der Waals surface area contributed by atoms with Crippen LogP contribution in [0.25, 0.3) is 0 Å². The van der Waals surface area contributed by atoms with Crippen LogP contribution >= 0.6 is 11.6 Å². The molecular formula is C15H13ClN2O2. The Morgan fingerprint density at radius 2 is 1.90 bits per heavy atom. The van der Waals surface area contributed by atoms with Gasteiger partial charge in [-0.05, 0) is 42.3 Å². The highest BCUT2D eigenvalue weighted by atomic mass is 35.5. The maximum atomic E-state index is 11.4. The van der Waals surface area contributed by atoms with E-state index >= 15 is 0 Å². The summed E-state index contributed by atoms with van der Waals surface area (Å²) >= 11 is 5.83. The molecule has 4 nitrogen and oxygen atoms in total. The number of halogens is 1. The van der Waals surface area contributed by atoms with Crippen molar-refractivity contribution in [3.8, 4) is 11.5 Å². The van der Waals surface area contributed by atoms with Crippen molar-refractivity contribution in [1.29, 1.82) is 0 Å². The van der Waals surface area contributed by atoms with Gasteiger partial charge in [0.05, 0.1) is 5.69 Å². The van der Waals surface area contributed by atoms with Crippen molar-refractivity contribution < 1.29 is 9.53 Å². The lowest BCUT2D eigenvalue weighted by Gasteiger charge is -2.19. The second-order valence-corrected chi connectivity index (χ2v) is 5.09. The molecular weight excluding hydrogens is 276 g/mol. The van der Waals surface area contributed by atoms with E-state index in [1.807, 2.05) is 6.07 Å². The van der Waals surface area contributed by atoms with Crippen molar-refractivity contribution in [2.75, 3.05) is 11.1 Å². The highest BCUT2D eigenvalue weighted by Gasteiger charge is 2.17. The van der Waals surface area contributed by atoms with E-state index in [2.05, 4.69) is 5.32 Å². The minimum Gasteiger partial charge on any atom is -0.455 e. The molecule has 0 aromatic heterocycles. The Balaban J connectivity index is 1.91. The first-order valence-electron chi connectivity index (χ1n) is 6.27. The fourth-order valence-corrected chi connectivity index (χ4v) is 2.27. The summed E-state index contributed by atoms with van der Waals surface area (Å²) in [6.45, 7) is 0. The number of aryl methyl sites for hydroxylation is 1. The van der Waals surface area contributed by atoms with Gasteiger partial charge in [0.2, 0.25) is 5.91 Å². The van der Waals surface area contributed by atoms with Crippen LogP contribution in [0, 0.1) is 0 Å². The van der Waals surface area contributed by atoms with E-state index in [4.69, 9.17) is 22.1 Å². The number of nitrogen functional groups attached to an aromatic ring is 1. The van der Waals surface area contributed by atoms with E-state index in [0.717, 1.165) is 11.3 Å². The zero-order valence-corrected chi connectivity index (χ0v) is 11.4. The topological polar surface area (TPSA) is 64.3 Å². The Bertz CT molecular complexity index is 668. The summed E-state index contributed by atoms with van der Waals surface area (Å²) in [5, 5.41) is 3.47. The zero-order chi connectivity index (χ0) is 14.1. The van der Waals surface area contributed by atoms with Crippen LogP contribution < -0.4 is 15.8 Å². The third kappa shape index (κ3) is 2.56. The normalized spacial score (nSPS) is 13.6. The number of nitrogens with two attached hydrogens (primary N) is 1. The van der Waals surface area contributed by atoms with Gasteiger partial charge in [0.25, 0.3) is 0 Å². The van der Waals surface area contributed by atoms with Gasteiger partial charge in [-0.3, -0.25) is 4.79 Å². The standard InChI is InChI=1S/C15H13ClN2O2/c16-10-2-4-11(5-3-10)20-14-8-13-9(7-12(14)17)1-6-15(19)18-13/h2-5,7-8H,1,6,17H2,(H,18,19). The highest BCUT2D eigenvalue weighted by molar-refractivity contribution is 6.30. The molecule has 0 radical (unpaired) electrons. The van der Waals surface area contributed by atoms with Gasteiger partial charge in [0.15, 0.2) is 5.75 Å². The maximum absolute atomic E-state index is 11.4. The molecule has 0 fully saturated rings. The number of hydrogen-bond donors (Lipinski definition) is 2. The van der Waals surface area contributed by atoms with Crippen LogP contribution in [0.15, 0.2) is 36.4 Å². The fraction of sp³-hybridized carbons (Fsp3) is 0.133. The first-order valence-corrected chi connectivity index (χ1v) is 6.65. The Labute approximate surface area is 121 Å². The largest absolute Gasteiger partial charge is 0.455 e. The van der Waals surface area contributed by atoms with Gasteiger partial charge < -0.3 is 15.8 Å². The van der Waals surface area contributed by atoms with E-state index < -0.39 is 0 Å². The van der Waals surface area contributed by atoms with Crippen molar-refractivity contribution in [1.82, 2.24) is 0 Å². The molecule has 0 aliphatic carbocycles. The van der Waals surface area contributed by atoms with Crippen LogP contribution in [-0.2, 0) is 11.2 Å². The predicted molar refractivity (Wildman–Crippen MR) is 79.3 cm³/mol. The average molecular weight is 289 g/mol. The number of rotatable bonds is 2. The Morgan fingerprint density at radius 3 is 2.65 bits per heavy atom. The smallest absolute Gasteiger partial charge is 0.224 e. The number of carbonyl (C=O) groups is 1. The molecule has 2 aromatic carbocycles. The third-order valence-electron chi connectivity index (χ3n) is 3.17. The van der Waals surface area contributed by atoms with Crippen molar-refractivity contribution in [3.63, 3.8) is 0 Å². The molecule has 0 saturated carbocycles. The summed E-state index contributed by atoms with van der Waals surface area (Å²) in [7, 11) is 0. The van der Waals surface area contributed by atoms with Crippen molar-refractivity contribution in [2.45, 2.75) is 12.8 Å². The number of carbonyl (C=O) groups excluding carboxylic acids is 1. The molecule has 20 heavy (non-hydrogen) atoms. The zero-order valence-electron chi connectivity index (χ0n) is 10.7. The molecule has 3 rings (SSSR count). The van der Waals surface area contributed by atoms with Gasteiger partial charge in [0, 0.05) is 23.2 Å². The number of fused-ring (bicyclic) bond motifs is 1. The van der Waals surface area contributed by atoms with Crippen LogP contribution in [0.1, 0.15) is 12.0 Å². The van der Waals surface area contributed by atoms with Crippen molar-refractivity contribution in [2.24, 2.45) is 0 Å². The molecule has 1 amide bonds. The van der Waals surface area contributed by atoms with E-state index in [1.54, 1.807) is 30.3 Å². The molecule has 1 heterocycles. The summed E-state index contributed by atoms with van der Waals surface area (Å²) in [5.74, 6) is 1.18. The van der Waals surface area contributed by atoms with E-state index in [0.29, 0.717) is 35.1 Å². The minimum atomic E-state index is 0.0136. The number of amides is 1. The molecule has 0 bridgehead atoms. The molecule has 102 valence electrons. The Morgan fingerprint density at radius 1 is 1.15 bits per heavy atom. The van der Waals surface area contributed by atoms with Gasteiger partial charge >= 0.3 is 0 Å². The molecule has 1 aliphatic heterocycles. The van der Waals surface area contributed by atoms with E-state index in [1.165, 1.54) is 0 Å². The van der Waals surface area contributed by atoms with Crippen molar-refractivity contribution in [3.05, 3.63) is 47.0 Å². The molecule has 0 unspecified atom stereocenters. The molecule has 5 heteroatoms. The summed E-state index contributed by atoms with van der Waals surface area (Å²) in [6, 6.07) is 10.6. The lowest BCUT2D eigenvalue weighted by Crippen LogP contribution is -2.19. The second kappa shape index (κ2) is 5.06. The van der Waals surface area contributed by atoms with E-state index in [-0.39, 0.29) is 5.91 Å². The first-order chi connectivity index (χ1) is 9.61. The molecule has 1 aliphatic rings. The maximum Gasteiger partial charge on any atom is 0.224 e. The van der Waals surface area contributed by atoms with Crippen LogP contribution in [0.4, 0.5) is 11.4 Å². The quantitative estimate of drug-likeness (QED) is 0.830.